The zero-order valence-electron chi connectivity index (χ0n) is 9.11. The molecule has 2 aliphatic rings. The predicted octanol–water partition coefficient (Wildman–Crippen LogP) is 1.55. The van der Waals surface area contributed by atoms with Crippen molar-refractivity contribution >= 4 is 11.8 Å². The Labute approximate surface area is 91.6 Å². The molecule has 0 radical (unpaired) electrons. The van der Waals surface area contributed by atoms with Crippen molar-refractivity contribution in [3.63, 3.8) is 0 Å². The van der Waals surface area contributed by atoms with Crippen LogP contribution < -0.4 is 5.73 Å². The van der Waals surface area contributed by atoms with E-state index in [0.29, 0.717) is 6.04 Å². The van der Waals surface area contributed by atoms with E-state index in [1.165, 1.54) is 43.9 Å². The summed E-state index contributed by atoms with van der Waals surface area (Å²) in [5.74, 6) is 3.48. The molecule has 3 heteroatoms. The summed E-state index contributed by atoms with van der Waals surface area (Å²) in [6, 6.07) is 1.25. The van der Waals surface area contributed by atoms with Crippen LogP contribution in [0.15, 0.2) is 0 Å². The fraction of sp³-hybridized carbons (Fsp3) is 1.00. The summed E-state index contributed by atoms with van der Waals surface area (Å²) < 4.78 is 0. The smallest absolute Gasteiger partial charge is 0.0158 e. The summed E-state index contributed by atoms with van der Waals surface area (Å²) in [7, 11) is 0. The molecule has 0 aromatic carbocycles. The highest BCUT2D eigenvalue weighted by Crippen LogP contribution is 2.33. The monoisotopic (exact) mass is 214 g/mol. The molecule has 0 spiro atoms. The van der Waals surface area contributed by atoms with E-state index in [2.05, 4.69) is 23.6 Å². The Kier molecular flexibility index (Phi) is 3.74. The summed E-state index contributed by atoms with van der Waals surface area (Å²) >= 11 is 2.09. The second kappa shape index (κ2) is 4.86. The molecule has 1 aliphatic carbocycles. The molecule has 0 aromatic heterocycles. The van der Waals surface area contributed by atoms with Crippen LogP contribution in [0, 0.1) is 5.92 Å². The second-order valence-corrected chi connectivity index (χ2v) is 5.90. The molecule has 2 atom stereocenters. The molecule has 2 rings (SSSR count). The van der Waals surface area contributed by atoms with Gasteiger partial charge in [0.2, 0.25) is 0 Å². The number of hydrogen-bond donors (Lipinski definition) is 1. The highest BCUT2D eigenvalue weighted by atomic mass is 32.2. The van der Waals surface area contributed by atoms with E-state index in [1.807, 2.05) is 0 Å². The maximum atomic E-state index is 6.11. The molecule has 14 heavy (non-hydrogen) atoms. The molecule has 2 nitrogen and oxygen atoms in total. The van der Waals surface area contributed by atoms with Crippen LogP contribution in [0.5, 0.6) is 0 Å². The third-order valence-electron chi connectivity index (χ3n) is 3.48. The van der Waals surface area contributed by atoms with Gasteiger partial charge in [0.15, 0.2) is 0 Å². The van der Waals surface area contributed by atoms with Gasteiger partial charge in [-0.05, 0) is 38.6 Å². The molecular weight excluding hydrogens is 192 g/mol. The molecule has 1 aliphatic heterocycles. The van der Waals surface area contributed by atoms with Crippen molar-refractivity contribution in [2.24, 2.45) is 11.7 Å². The van der Waals surface area contributed by atoms with Gasteiger partial charge >= 0.3 is 0 Å². The number of nitrogens with two attached hydrogens (primary N) is 1. The fourth-order valence-electron chi connectivity index (χ4n) is 2.17. The second-order valence-electron chi connectivity index (χ2n) is 4.75. The van der Waals surface area contributed by atoms with Gasteiger partial charge in [-0.3, -0.25) is 4.90 Å². The number of thioether (sulfide) groups is 1. The van der Waals surface area contributed by atoms with E-state index in [1.54, 1.807) is 0 Å². The van der Waals surface area contributed by atoms with Crippen LogP contribution in [0.4, 0.5) is 0 Å². The molecule has 2 fully saturated rings. The molecule has 0 aromatic rings. The minimum Gasteiger partial charge on any atom is -0.327 e. The van der Waals surface area contributed by atoms with Crippen LogP contribution in [-0.2, 0) is 0 Å². The van der Waals surface area contributed by atoms with E-state index in [4.69, 9.17) is 5.73 Å². The first-order chi connectivity index (χ1) is 6.77. The average Bonchev–Trinajstić information content (AvgIpc) is 2.99. The molecular formula is C11H22N2S. The first-order valence-corrected chi connectivity index (χ1v) is 7.00. The Bertz CT molecular complexity index is 182. The largest absolute Gasteiger partial charge is 0.327 e. The molecule has 2 N–H and O–H groups in total. The molecule has 1 saturated heterocycles. The highest BCUT2D eigenvalue weighted by molar-refractivity contribution is 7.99. The van der Waals surface area contributed by atoms with E-state index >= 15 is 0 Å². The lowest BCUT2D eigenvalue weighted by atomic mass is 10.1. The average molecular weight is 214 g/mol. The van der Waals surface area contributed by atoms with Gasteiger partial charge in [0.1, 0.15) is 0 Å². The van der Waals surface area contributed by atoms with Crippen LogP contribution in [-0.4, -0.2) is 41.6 Å². The van der Waals surface area contributed by atoms with E-state index in [0.717, 1.165) is 12.0 Å². The van der Waals surface area contributed by atoms with Crippen LogP contribution in [0.25, 0.3) is 0 Å². The Hall–Kier alpha value is 0.270. The lowest BCUT2D eigenvalue weighted by molar-refractivity contribution is 0.221. The first-order valence-electron chi connectivity index (χ1n) is 5.85. The van der Waals surface area contributed by atoms with Gasteiger partial charge in [0.25, 0.3) is 0 Å². The van der Waals surface area contributed by atoms with E-state index in [-0.39, 0.29) is 0 Å². The molecule has 2 unspecified atom stereocenters. The number of nitrogens with zero attached hydrogens (tertiary/aromatic N) is 1. The normalized spacial score (nSPS) is 31.7. The van der Waals surface area contributed by atoms with Gasteiger partial charge in [0.05, 0.1) is 0 Å². The molecule has 0 bridgehead atoms. The van der Waals surface area contributed by atoms with Crippen molar-refractivity contribution in [3.8, 4) is 0 Å². The summed E-state index contributed by atoms with van der Waals surface area (Å²) in [6.07, 6.45) is 3.97. The van der Waals surface area contributed by atoms with E-state index in [9.17, 15) is 0 Å². The third kappa shape index (κ3) is 2.88. The first kappa shape index (κ1) is 10.8. The molecule has 0 amide bonds. The SMILES string of the molecule is CC1CSCCN1CCC(N)C1CC1. The summed E-state index contributed by atoms with van der Waals surface area (Å²) in [6.45, 7) is 4.83. The minimum atomic E-state index is 0.483. The Morgan fingerprint density at radius 2 is 2.29 bits per heavy atom. The van der Waals surface area contributed by atoms with Crippen LogP contribution in [0.3, 0.4) is 0 Å². The molecule has 82 valence electrons. The maximum Gasteiger partial charge on any atom is 0.0158 e. The van der Waals surface area contributed by atoms with Gasteiger partial charge in [-0.15, -0.1) is 0 Å². The lowest BCUT2D eigenvalue weighted by Gasteiger charge is -2.33. The number of rotatable bonds is 4. The van der Waals surface area contributed by atoms with Crippen LogP contribution >= 0.6 is 11.8 Å². The summed E-state index contributed by atoms with van der Waals surface area (Å²) in [5, 5.41) is 0. The third-order valence-corrected chi connectivity index (χ3v) is 4.67. The van der Waals surface area contributed by atoms with Crippen molar-refractivity contribution in [3.05, 3.63) is 0 Å². The van der Waals surface area contributed by atoms with Gasteiger partial charge in [-0.2, -0.15) is 11.8 Å². The van der Waals surface area contributed by atoms with Crippen molar-refractivity contribution in [1.29, 1.82) is 0 Å². The minimum absolute atomic E-state index is 0.483. The highest BCUT2D eigenvalue weighted by Gasteiger charge is 2.29. The Morgan fingerprint density at radius 3 is 2.93 bits per heavy atom. The van der Waals surface area contributed by atoms with Crippen molar-refractivity contribution < 1.29 is 0 Å². The number of hydrogen-bond acceptors (Lipinski definition) is 3. The Morgan fingerprint density at radius 1 is 1.50 bits per heavy atom. The molecule has 1 saturated carbocycles. The predicted molar refractivity (Wildman–Crippen MR) is 63.7 cm³/mol. The van der Waals surface area contributed by atoms with Crippen molar-refractivity contribution in [2.45, 2.75) is 38.3 Å². The quantitative estimate of drug-likeness (QED) is 0.770. The standard InChI is InChI=1S/C11H22N2S/c1-9-8-14-7-6-13(9)5-4-11(12)10-2-3-10/h9-11H,2-8,12H2,1H3. The van der Waals surface area contributed by atoms with Gasteiger partial charge < -0.3 is 5.73 Å². The van der Waals surface area contributed by atoms with Crippen molar-refractivity contribution in [2.75, 3.05) is 24.6 Å². The Balaban J connectivity index is 1.67. The van der Waals surface area contributed by atoms with E-state index < -0.39 is 0 Å². The molecule has 1 heterocycles. The van der Waals surface area contributed by atoms with Gasteiger partial charge in [-0.1, -0.05) is 0 Å². The fourth-order valence-corrected chi connectivity index (χ4v) is 3.25. The summed E-state index contributed by atoms with van der Waals surface area (Å²) in [5.41, 5.74) is 6.11. The summed E-state index contributed by atoms with van der Waals surface area (Å²) in [4.78, 5) is 2.61. The van der Waals surface area contributed by atoms with Gasteiger partial charge in [-0.25, -0.2) is 0 Å². The zero-order chi connectivity index (χ0) is 9.97. The van der Waals surface area contributed by atoms with Crippen molar-refractivity contribution in [1.82, 2.24) is 4.90 Å². The van der Waals surface area contributed by atoms with Crippen LogP contribution in [0.1, 0.15) is 26.2 Å². The lowest BCUT2D eigenvalue weighted by Crippen LogP contribution is -2.42. The van der Waals surface area contributed by atoms with Crippen LogP contribution in [0.2, 0.25) is 0 Å². The van der Waals surface area contributed by atoms with Gasteiger partial charge in [0, 0.05) is 30.1 Å². The zero-order valence-corrected chi connectivity index (χ0v) is 9.93. The topological polar surface area (TPSA) is 29.3 Å². The maximum absolute atomic E-state index is 6.11.